The van der Waals surface area contributed by atoms with Gasteiger partial charge in [0.25, 0.3) is 5.91 Å². The van der Waals surface area contributed by atoms with Crippen LogP contribution in [0.2, 0.25) is 0 Å². The summed E-state index contributed by atoms with van der Waals surface area (Å²) in [6, 6.07) is 9.67. The predicted molar refractivity (Wildman–Crippen MR) is 103 cm³/mol. The van der Waals surface area contributed by atoms with Crippen molar-refractivity contribution in [2.75, 3.05) is 19.9 Å². The van der Waals surface area contributed by atoms with Crippen LogP contribution in [0, 0.1) is 11.3 Å². The van der Waals surface area contributed by atoms with E-state index >= 15 is 0 Å². The SMILES string of the molecule is COc1ccc(SCC(=O)O[C@@H](C)C(=O)N(C)C2(C#N)CCCCC2)cc1. The summed E-state index contributed by atoms with van der Waals surface area (Å²) in [5, 5.41) is 9.61. The van der Waals surface area contributed by atoms with Crippen LogP contribution in [0.5, 0.6) is 5.75 Å². The second kappa shape index (κ2) is 9.65. The first kappa shape index (κ1) is 21.1. The number of esters is 1. The molecule has 146 valence electrons. The Morgan fingerprint density at radius 1 is 1.26 bits per heavy atom. The summed E-state index contributed by atoms with van der Waals surface area (Å²) in [5.74, 6) is 0.0659. The molecule has 1 amide bonds. The summed E-state index contributed by atoms with van der Waals surface area (Å²) in [6.45, 7) is 1.56. The molecule has 0 spiro atoms. The van der Waals surface area contributed by atoms with Gasteiger partial charge in [-0.3, -0.25) is 9.59 Å². The molecular weight excluding hydrogens is 364 g/mol. The minimum Gasteiger partial charge on any atom is -0.497 e. The van der Waals surface area contributed by atoms with Crippen molar-refractivity contribution < 1.29 is 19.1 Å². The highest BCUT2D eigenvalue weighted by Gasteiger charge is 2.40. The molecule has 0 bridgehead atoms. The lowest BCUT2D eigenvalue weighted by atomic mass is 9.81. The number of carbonyl (C=O) groups excluding carboxylic acids is 2. The highest BCUT2D eigenvalue weighted by Crippen LogP contribution is 2.33. The molecule has 1 fully saturated rings. The van der Waals surface area contributed by atoms with Crippen molar-refractivity contribution in [1.29, 1.82) is 5.26 Å². The van der Waals surface area contributed by atoms with E-state index in [1.807, 2.05) is 24.3 Å². The van der Waals surface area contributed by atoms with Crippen LogP contribution in [-0.4, -0.2) is 48.3 Å². The van der Waals surface area contributed by atoms with Gasteiger partial charge >= 0.3 is 5.97 Å². The van der Waals surface area contributed by atoms with Gasteiger partial charge in [-0.25, -0.2) is 0 Å². The first-order valence-corrected chi connectivity index (χ1v) is 10.1. The molecule has 0 N–H and O–H groups in total. The third-order valence-corrected chi connectivity index (χ3v) is 5.92. The van der Waals surface area contributed by atoms with E-state index in [0.29, 0.717) is 12.8 Å². The molecule has 7 heteroatoms. The molecule has 27 heavy (non-hydrogen) atoms. The molecule has 0 radical (unpaired) electrons. The Morgan fingerprint density at radius 2 is 1.89 bits per heavy atom. The molecule has 1 aliphatic carbocycles. The topological polar surface area (TPSA) is 79.6 Å². The number of likely N-dealkylation sites (N-methyl/N-ethyl adjacent to an activating group) is 1. The summed E-state index contributed by atoms with van der Waals surface area (Å²) in [7, 11) is 3.23. The zero-order valence-electron chi connectivity index (χ0n) is 16.1. The maximum Gasteiger partial charge on any atom is 0.317 e. The maximum absolute atomic E-state index is 12.7. The van der Waals surface area contributed by atoms with Crippen LogP contribution in [0.15, 0.2) is 29.2 Å². The number of amides is 1. The average molecular weight is 391 g/mol. The molecule has 1 atom stereocenters. The minimum absolute atomic E-state index is 0.108. The molecule has 0 aliphatic heterocycles. The molecular formula is C20H26N2O4S. The van der Waals surface area contributed by atoms with Gasteiger partial charge in [0.2, 0.25) is 0 Å². The van der Waals surface area contributed by atoms with Crippen LogP contribution in [0.4, 0.5) is 0 Å². The molecule has 0 saturated heterocycles. The molecule has 0 unspecified atom stereocenters. The van der Waals surface area contributed by atoms with Gasteiger partial charge in [0, 0.05) is 11.9 Å². The number of nitrogens with zero attached hydrogens (tertiary/aromatic N) is 2. The number of hydrogen-bond donors (Lipinski definition) is 0. The van der Waals surface area contributed by atoms with Gasteiger partial charge < -0.3 is 14.4 Å². The normalized spacial score (nSPS) is 16.7. The number of carbonyl (C=O) groups is 2. The Kier molecular flexibility index (Phi) is 7.55. The molecule has 1 aromatic carbocycles. The first-order valence-electron chi connectivity index (χ1n) is 9.07. The monoisotopic (exact) mass is 390 g/mol. The van der Waals surface area contributed by atoms with Gasteiger partial charge in [-0.05, 0) is 44.0 Å². The number of ether oxygens (including phenoxy) is 2. The first-order chi connectivity index (χ1) is 12.9. The Bertz CT molecular complexity index is 693. The van der Waals surface area contributed by atoms with E-state index in [9.17, 15) is 14.9 Å². The Labute approximate surface area is 164 Å². The van der Waals surface area contributed by atoms with Crippen LogP contribution >= 0.6 is 11.8 Å². The molecule has 1 aliphatic rings. The summed E-state index contributed by atoms with van der Waals surface area (Å²) < 4.78 is 10.4. The standard InChI is InChI=1S/C20H26N2O4S/c1-15(19(24)22(2)20(14-21)11-5-4-6-12-20)26-18(23)13-27-17-9-7-16(25-3)8-10-17/h7-10,15H,4-6,11-13H2,1-3H3/t15-/m0/s1. The van der Waals surface area contributed by atoms with E-state index < -0.39 is 17.6 Å². The maximum atomic E-state index is 12.7. The summed E-state index contributed by atoms with van der Waals surface area (Å²) in [6.07, 6.45) is 3.36. The Hall–Kier alpha value is -2.20. The van der Waals surface area contributed by atoms with Crippen LogP contribution in [0.3, 0.4) is 0 Å². The van der Waals surface area contributed by atoms with Crippen LogP contribution in [-0.2, 0) is 14.3 Å². The average Bonchev–Trinajstić information content (AvgIpc) is 2.71. The summed E-state index contributed by atoms with van der Waals surface area (Å²) in [4.78, 5) is 27.1. The van der Waals surface area contributed by atoms with Crippen LogP contribution in [0.25, 0.3) is 0 Å². The lowest BCUT2D eigenvalue weighted by Gasteiger charge is -2.39. The molecule has 0 aromatic heterocycles. The predicted octanol–water partition coefficient (Wildman–Crippen LogP) is 3.40. The van der Waals surface area contributed by atoms with Crippen molar-refractivity contribution in [3.63, 3.8) is 0 Å². The van der Waals surface area contributed by atoms with Crippen molar-refractivity contribution >= 4 is 23.6 Å². The van der Waals surface area contributed by atoms with Crippen molar-refractivity contribution in [3.05, 3.63) is 24.3 Å². The highest BCUT2D eigenvalue weighted by atomic mass is 32.2. The second-order valence-corrected chi connectivity index (χ2v) is 7.75. The third kappa shape index (κ3) is 5.39. The summed E-state index contributed by atoms with van der Waals surface area (Å²) in [5.41, 5.74) is -0.784. The molecule has 1 saturated carbocycles. The smallest absolute Gasteiger partial charge is 0.317 e. The van der Waals surface area contributed by atoms with Gasteiger partial charge in [-0.1, -0.05) is 19.3 Å². The largest absolute Gasteiger partial charge is 0.497 e. The lowest BCUT2D eigenvalue weighted by Crippen LogP contribution is -2.53. The van der Waals surface area contributed by atoms with E-state index in [2.05, 4.69) is 6.07 Å². The summed E-state index contributed by atoms with van der Waals surface area (Å²) >= 11 is 1.33. The molecule has 6 nitrogen and oxygen atoms in total. The molecule has 1 aromatic rings. The second-order valence-electron chi connectivity index (χ2n) is 6.70. The number of nitriles is 1. The van der Waals surface area contributed by atoms with Crippen LogP contribution < -0.4 is 4.74 Å². The minimum atomic E-state index is -0.911. The molecule has 0 heterocycles. The fourth-order valence-electron chi connectivity index (χ4n) is 3.24. The van der Waals surface area contributed by atoms with Crippen LogP contribution in [0.1, 0.15) is 39.0 Å². The van der Waals surface area contributed by atoms with E-state index in [4.69, 9.17) is 9.47 Å². The van der Waals surface area contributed by atoms with Gasteiger partial charge in [0.1, 0.15) is 11.3 Å². The lowest BCUT2D eigenvalue weighted by molar-refractivity contribution is -0.159. The van der Waals surface area contributed by atoms with Gasteiger partial charge in [0.05, 0.1) is 18.9 Å². The third-order valence-electron chi connectivity index (χ3n) is 4.93. The number of methoxy groups -OCH3 is 1. The quantitative estimate of drug-likeness (QED) is 0.524. The van der Waals surface area contributed by atoms with Crippen molar-refractivity contribution in [3.8, 4) is 11.8 Å². The number of rotatable bonds is 7. The fraction of sp³-hybridized carbons (Fsp3) is 0.550. The van der Waals surface area contributed by atoms with E-state index in [1.165, 1.54) is 16.7 Å². The highest BCUT2D eigenvalue weighted by molar-refractivity contribution is 8.00. The van der Waals surface area contributed by atoms with Gasteiger partial charge in [-0.2, -0.15) is 5.26 Å². The number of benzene rings is 1. The van der Waals surface area contributed by atoms with E-state index in [1.54, 1.807) is 21.1 Å². The number of hydrogen-bond acceptors (Lipinski definition) is 6. The van der Waals surface area contributed by atoms with E-state index in [0.717, 1.165) is 29.9 Å². The fourth-order valence-corrected chi connectivity index (χ4v) is 3.92. The van der Waals surface area contributed by atoms with Gasteiger partial charge in [0.15, 0.2) is 6.10 Å². The van der Waals surface area contributed by atoms with Gasteiger partial charge in [-0.15, -0.1) is 11.8 Å². The number of thioether (sulfide) groups is 1. The Balaban J connectivity index is 1.87. The van der Waals surface area contributed by atoms with Crippen molar-refractivity contribution in [1.82, 2.24) is 4.90 Å². The van der Waals surface area contributed by atoms with Crippen molar-refractivity contribution in [2.45, 2.75) is 55.6 Å². The molecule has 2 rings (SSSR count). The zero-order valence-corrected chi connectivity index (χ0v) is 16.9. The van der Waals surface area contributed by atoms with Crippen molar-refractivity contribution in [2.24, 2.45) is 0 Å². The Morgan fingerprint density at radius 3 is 2.44 bits per heavy atom. The van der Waals surface area contributed by atoms with E-state index in [-0.39, 0.29) is 11.7 Å². The zero-order chi connectivity index (χ0) is 19.9.